The highest BCUT2D eigenvalue weighted by atomic mass is 19.1. The fourth-order valence-corrected chi connectivity index (χ4v) is 1.51. The molecular weight excluding hydrogens is 241 g/mol. The van der Waals surface area contributed by atoms with E-state index in [4.69, 9.17) is 14.9 Å². The van der Waals surface area contributed by atoms with Crippen LogP contribution < -0.4 is 4.74 Å². The Hall–Kier alpha value is -1.82. The van der Waals surface area contributed by atoms with Crippen LogP contribution in [0.4, 0.5) is 9.18 Å². The molecule has 2 N–H and O–H groups in total. The fraction of sp³-hybridized carbons (Fsp3) is 0.417. The quantitative estimate of drug-likeness (QED) is 0.844. The van der Waals surface area contributed by atoms with Gasteiger partial charge in [0.15, 0.2) is 0 Å². The number of ether oxygens (including phenoxy) is 1. The van der Waals surface area contributed by atoms with E-state index in [9.17, 15) is 9.18 Å². The molecule has 0 bridgehead atoms. The van der Waals surface area contributed by atoms with Gasteiger partial charge in [-0.2, -0.15) is 0 Å². The van der Waals surface area contributed by atoms with Gasteiger partial charge in [-0.1, -0.05) is 0 Å². The van der Waals surface area contributed by atoms with Gasteiger partial charge in [-0.15, -0.1) is 0 Å². The van der Waals surface area contributed by atoms with Crippen molar-refractivity contribution >= 4 is 6.09 Å². The van der Waals surface area contributed by atoms with Crippen molar-refractivity contribution in [2.24, 2.45) is 0 Å². The fourth-order valence-electron chi connectivity index (χ4n) is 1.51. The summed E-state index contributed by atoms with van der Waals surface area (Å²) in [6, 6.07) is 3.33. The van der Waals surface area contributed by atoms with Crippen LogP contribution in [0.5, 0.6) is 5.75 Å². The molecule has 18 heavy (non-hydrogen) atoms. The second kappa shape index (κ2) is 6.20. The van der Waals surface area contributed by atoms with Crippen molar-refractivity contribution in [3.63, 3.8) is 0 Å². The van der Waals surface area contributed by atoms with Crippen molar-refractivity contribution in [2.45, 2.75) is 13.0 Å². The molecule has 5 nitrogen and oxygen atoms in total. The maximum absolute atomic E-state index is 13.2. The summed E-state index contributed by atoms with van der Waals surface area (Å²) >= 11 is 0. The molecule has 0 aromatic heterocycles. The Bertz CT molecular complexity index is 425. The topological polar surface area (TPSA) is 70.0 Å². The first-order valence-corrected chi connectivity index (χ1v) is 5.46. The van der Waals surface area contributed by atoms with Gasteiger partial charge in [0, 0.05) is 12.6 Å². The van der Waals surface area contributed by atoms with Gasteiger partial charge < -0.3 is 19.8 Å². The number of hydrogen-bond donors (Lipinski definition) is 2. The second-order valence-corrected chi connectivity index (χ2v) is 3.82. The van der Waals surface area contributed by atoms with E-state index in [0.29, 0.717) is 11.3 Å². The van der Waals surface area contributed by atoms with Gasteiger partial charge in [0.05, 0.1) is 12.6 Å². The molecule has 100 valence electrons. The summed E-state index contributed by atoms with van der Waals surface area (Å²) in [6.07, 6.45) is -1.11. The van der Waals surface area contributed by atoms with Crippen LogP contribution in [-0.2, 0) is 0 Å². The molecule has 1 amide bonds. The Balaban J connectivity index is 3.03. The van der Waals surface area contributed by atoms with Crippen LogP contribution >= 0.6 is 0 Å². The zero-order valence-electron chi connectivity index (χ0n) is 10.3. The molecule has 1 aromatic carbocycles. The maximum Gasteiger partial charge on any atom is 0.407 e. The Labute approximate surface area is 104 Å². The molecule has 1 aromatic rings. The van der Waals surface area contributed by atoms with Gasteiger partial charge in [0.25, 0.3) is 0 Å². The smallest absolute Gasteiger partial charge is 0.407 e. The molecule has 0 radical (unpaired) electrons. The highest BCUT2D eigenvalue weighted by Gasteiger charge is 2.20. The van der Waals surface area contributed by atoms with E-state index in [-0.39, 0.29) is 13.2 Å². The van der Waals surface area contributed by atoms with Gasteiger partial charge >= 0.3 is 6.09 Å². The van der Waals surface area contributed by atoms with Crippen LogP contribution in [0.25, 0.3) is 0 Å². The van der Waals surface area contributed by atoms with Gasteiger partial charge in [-0.05, 0) is 25.1 Å². The Morgan fingerprint density at radius 1 is 1.56 bits per heavy atom. The van der Waals surface area contributed by atoms with E-state index in [1.165, 1.54) is 25.2 Å². The lowest BCUT2D eigenvalue weighted by Crippen LogP contribution is -2.28. The number of amides is 1. The highest BCUT2D eigenvalue weighted by Crippen LogP contribution is 2.29. The largest absolute Gasteiger partial charge is 0.491 e. The standard InChI is InChI=1S/C12H16FNO4/c1-8(14(2)12(16)17)10-7-9(13)3-4-11(10)18-6-5-15/h3-4,7-8,15H,5-6H2,1-2H3,(H,16,17)/t8-/m1/s1. The number of carbonyl (C=O) groups is 1. The van der Waals surface area contributed by atoms with E-state index in [1.807, 2.05) is 0 Å². The number of hydrogen-bond acceptors (Lipinski definition) is 3. The first-order chi connectivity index (χ1) is 8.47. The summed E-state index contributed by atoms with van der Waals surface area (Å²) in [5.74, 6) is -0.0990. The highest BCUT2D eigenvalue weighted by molar-refractivity contribution is 5.65. The lowest BCUT2D eigenvalue weighted by molar-refractivity contribution is 0.140. The third-order valence-electron chi connectivity index (χ3n) is 2.65. The zero-order valence-corrected chi connectivity index (χ0v) is 10.3. The minimum Gasteiger partial charge on any atom is -0.491 e. The lowest BCUT2D eigenvalue weighted by Gasteiger charge is -2.24. The number of carboxylic acid groups (broad SMARTS) is 1. The predicted octanol–water partition coefficient (Wildman–Crippen LogP) is 1.87. The average Bonchev–Trinajstić information content (AvgIpc) is 2.35. The molecule has 0 heterocycles. The van der Waals surface area contributed by atoms with Crippen molar-refractivity contribution in [2.75, 3.05) is 20.3 Å². The summed E-state index contributed by atoms with van der Waals surface area (Å²) in [5.41, 5.74) is 0.424. The molecule has 1 rings (SSSR count). The van der Waals surface area contributed by atoms with Crippen molar-refractivity contribution in [1.82, 2.24) is 4.90 Å². The number of aliphatic hydroxyl groups excluding tert-OH is 1. The molecule has 0 fully saturated rings. The summed E-state index contributed by atoms with van der Waals surface area (Å²) in [5, 5.41) is 17.6. The molecule has 0 unspecified atom stereocenters. The number of halogens is 1. The van der Waals surface area contributed by atoms with Crippen LogP contribution in [-0.4, -0.2) is 41.5 Å². The molecule has 6 heteroatoms. The predicted molar refractivity (Wildman–Crippen MR) is 63.2 cm³/mol. The maximum atomic E-state index is 13.2. The van der Waals surface area contributed by atoms with Crippen LogP contribution in [0, 0.1) is 5.82 Å². The number of benzene rings is 1. The molecular formula is C12H16FNO4. The lowest BCUT2D eigenvalue weighted by atomic mass is 10.1. The normalized spacial score (nSPS) is 12.0. The van der Waals surface area contributed by atoms with E-state index < -0.39 is 18.0 Å². The summed E-state index contributed by atoms with van der Waals surface area (Å²) < 4.78 is 18.5. The van der Waals surface area contributed by atoms with Gasteiger partial charge in [-0.25, -0.2) is 9.18 Å². The molecule has 0 saturated heterocycles. The zero-order chi connectivity index (χ0) is 13.7. The Morgan fingerprint density at radius 3 is 2.78 bits per heavy atom. The van der Waals surface area contributed by atoms with Crippen LogP contribution in [0.3, 0.4) is 0 Å². The monoisotopic (exact) mass is 257 g/mol. The van der Waals surface area contributed by atoms with Crippen molar-refractivity contribution in [3.05, 3.63) is 29.6 Å². The molecule has 0 saturated carbocycles. The first kappa shape index (κ1) is 14.2. The molecule has 1 atom stereocenters. The number of rotatable bonds is 5. The van der Waals surface area contributed by atoms with Gasteiger partial charge in [0.2, 0.25) is 0 Å². The van der Waals surface area contributed by atoms with Crippen LogP contribution in [0.1, 0.15) is 18.5 Å². The number of nitrogens with zero attached hydrogens (tertiary/aromatic N) is 1. The van der Waals surface area contributed by atoms with Crippen LogP contribution in [0.2, 0.25) is 0 Å². The average molecular weight is 257 g/mol. The summed E-state index contributed by atoms with van der Waals surface area (Å²) in [7, 11) is 1.40. The van der Waals surface area contributed by atoms with Crippen molar-refractivity contribution in [1.29, 1.82) is 0 Å². The van der Waals surface area contributed by atoms with E-state index in [1.54, 1.807) is 6.92 Å². The summed E-state index contributed by atoms with van der Waals surface area (Å²) in [6.45, 7) is 1.54. The minimum atomic E-state index is -1.11. The van der Waals surface area contributed by atoms with Crippen LogP contribution in [0.15, 0.2) is 18.2 Å². The third-order valence-corrected chi connectivity index (χ3v) is 2.65. The molecule has 0 aliphatic rings. The van der Waals surface area contributed by atoms with Gasteiger partial charge in [-0.3, -0.25) is 0 Å². The molecule has 0 spiro atoms. The number of aliphatic hydroxyl groups is 1. The van der Waals surface area contributed by atoms with E-state index in [2.05, 4.69) is 0 Å². The van der Waals surface area contributed by atoms with E-state index in [0.717, 1.165) is 4.90 Å². The second-order valence-electron chi connectivity index (χ2n) is 3.82. The van der Waals surface area contributed by atoms with Crippen molar-refractivity contribution < 1.29 is 24.1 Å². The minimum absolute atomic E-state index is 0.0716. The molecule has 0 aliphatic carbocycles. The summed E-state index contributed by atoms with van der Waals surface area (Å²) in [4.78, 5) is 11.9. The Morgan fingerprint density at radius 2 is 2.22 bits per heavy atom. The third kappa shape index (κ3) is 3.33. The van der Waals surface area contributed by atoms with E-state index >= 15 is 0 Å². The SMILES string of the molecule is C[C@H](c1cc(F)ccc1OCCO)N(C)C(=O)O. The Kier molecular flexibility index (Phi) is 4.91. The first-order valence-electron chi connectivity index (χ1n) is 5.46. The van der Waals surface area contributed by atoms with Crippen molar-refractivity contribution in [3.8, 4) is 5.75 Å². The molecule has 0 aliphatic heterocycles. The van der Waals surface area contributed by atoms with Gasteiger partial charge in [0.1, 0.15) is 18.2 Å².